The minimum Gasteiger partial charge on any atom is -0.352 e. The zero-order valence-electron chi connectivity index (χ0n) is 20.7. The highest BCUT2D eigenvalue weighted by Gasteiger charge is 2.38. The van der Waals surface area contributed by atoms with Gasteiger partial charge in [-0.25, -0.2) is 8.42 Å². The number of hydrogen-bond acceptors (Lipinski definition) is 4. The fourth-order valence-corrected chi connectivity index (χ4v) is 6.50. The Hall–Kier alpha value is -3.49. The SMILES string of the molecule is CC(=O)Nc1ccc(C)cc1S(=O)(=O)N1CCc2ccccc2C1CC(=O)NCc1cccc(C)c1. The van der Waals surface area contributed by atoms with E-state index in [0.29, 0.717) is 13.0 Å². The van der Waals surface area contributed by atoms with Crippen LogP contribution in [0.15, 0.2) is 71.6 Å². The van der Waals surface area contributed by atoms with Crippen molar-refractivity contribution in [3.63, 3.8) is 0 Å². The third-order valence-electron chi connectivity index (χ3n) is 6.35. The monoisotopic (exact) mass is 505 g/mol. The van der Waals surface area contributed by atoms with Gasteiger partial charge in [-0.3, -0.25) is 9.59 Å². The molecule has 0 saturated carbocycles. The van der Waals surface area contributed by atoms with Gasteiger partial charge < -0.3 is 10.6 Å². The van der Waals surface area contributed by atoms with Crippen molar-refractivity contribution in [2.45, 2.75) is 51.1 Å². The molecule has 0 radical (unpaired) electrons. The summed E-state index contributed by atoms with van der Waals surface area (Å²) in [5.74, 6) is -0.587. The lowest BCUT2D eigenvalue weighted by molar-refractivity contribution is -0.122. The molecule has 188 valence electrons. The second-order valence-electron chi connectivity index (χ2n) is 9.23. The number of rotatable bonds is 7. The topological polar surface area (TPSA) is 95.6 Å². The number of anilines is 1. The molecule has 1 heterocycles. The zero-order valence-corrected chi connectivity index (χ0v) is 21.6. The zero-order chi connectivity index (χ0) is 25.9. The highest BCUT2D eigenvalue weighted by molar-refractivity contribution is 7.89. The average Bonchev–Trinajstić information content (AvgIpc) is 2.83. The van der Waals surface area contributed by atoms with Gasteiger partial charge in [0.05, 0.1) is 11.7 Å². The normalized spacial score (nSPS) is 15.7. The molecule has 0 bridgehead atoms. The van der Waals surface area contributed by atoms with E-state index in [4.69, 9.17) is 0 Å². The van der Waals surface area contributed by atoms with Crippen LogP contribution in [0.1, 0.15) is 47.2 Å². The number of carbonyl (C=O) groups is 2. The van der Waals surface area contributed by atoms with Gasteiger partial charge in [0.1, 0.15) is 4.90 Å². The first-order valence-corrected chi connectivity index (χ1v) is 13.4. The van der Waals surface area contributed by atoms with E-state index in [-0.39, 0.29) is 35.4 Å². The van der Waals surface area contributed by atoms with Crippen LogP contribution in [0, 0.1) is 13.8 Å². The Morgan fingerprint density at radius 2 is 1.72 bits per heavy atom. The van der Waals surface area contributed by atoms with Crippen molar-refractivity contribution in [1.29, 1.82) is 0 Å². The molecule has 0 aromatic heterocycles. The van der Waals surface area contributed by atoms with Gasteiger partial charge in [-0.2, -0.15) is 4.31 Å². The van der Waals surface area contributed by atoms with E-state index in [9.17, 15) is 18.0 Å². The Balaban J connectivity index is 1.66. The number of nitrogens with one attached hydrogen (secondary N) is 2. The molecule has 0 fully saturated rings. The fraction of sp³-hybridized carbons (Fsp3) is 0.286. The molecule has 7 nitrogen and oxygen atoms in total. The maximum absolute atomic E-state index is 14.0. The lowest BCUT2D eigenvalue weighted by atomic mass is 9.92. The molecular formula is C28H31N3O4S. The van der Waals surface area contributed by atoms with Crippen LogP contribution in [-0.2, 0) is 32.6 Å². The molecule has 36 heavy (non-hydrogen) atoms. The maximum Gasteiger partial charge on any atom is 0.245 e. The number of sulfonamides is 1. The van der Waals surface area contributed by atoms with Crippen molar-refractivity contribution in [1.82, 2.24) is 9.62 Å². The van der Waals surface area contributed by atoms with Gasteiger partial charge in [-0.05, 0) is 54.7 Å². The third-order valence-corrected chi connectivity index (χ3v) is 8.30. The van der Waals surface area contributed by atoms with Crippen molar-refractivity contribution < 1.29 is 18.0 Å². The number of carbonyl (C=O) groups excluding carboxylic acids is 2. The molecule has 1 unspecified atom stereocenters. The van der Waals surface area contributed by atoms with Crippen LogP contribution in [0.25, 0.3) is 0 Å². The van der Waals surface area contributed by atoms with Crippen molar-refractivity contribution in [3.05, 3.63) is 94.5 Å². The highest BCUT2D eigenvalue weighted by atomic mass is 32.2. The molecule has 0 aliphatic carbocycles. The third kappa shape index (κ3) is 5.66. The summed E-state index contributed by atoms with van der Waals surface area (Å²) in [6.07, 6.45) is 0.529. The van der Waals surface area contributed by atoms with Gasteiger partial charge >= 0.3 is 0 Å². The summed E-state index contributed by atoms with van der Waals surface area (Å²) < 4.78 is 29.4. The Kier molecular flexibility index (Phi) is 7.56. The van der Waals surface area contributed by atoms with E-state index < -0.39 is 16.1 Å². The van der Waals surface area contributed by atoms with E-state index in [1.165, 1.54) is 11.2 Å². The molecule has 3 aromatic rings. The Bertz CT molecular complexity index is 1400. The van der Waals surface area contributed by atoms with Crippen molar-refractivity contribution >= 4 is 27.5 Å². The van der Waals surface area contributed by atoms with Gasteiger partial charge in [-0.15, -0.1) is 0 Å². The fourth-order valence-electron chi connectivity index (χ4n) is 4.66. The summed E-state index contributed by atoms with van der Waals surface area (Å²) in [6, 6.07) is 19.8. The van der Waals surface area contributed by atoms with Crippen LogP contribution < -0.4 is 10.6 Å². The van der Waals surface area contributed by atoms with Gasteiger partial charge in [0.2, 0.25) is 21.8 Å². The van der Waals surface area contributed by atoms with Crippen LogP contribution in [0.5, 0.6) is 0 Å². The lowest BCUT2D eigenvalue weighted by Crippen LogP contribution is -2.42. The smallest absolute Gasteiger partial charge is 0.245 e. The first kappa shape index (κ1) is 25.6. The standard InChI is InChI=1S/C28H31N3O4S/c1-19-7-6-8-22(15-19)18-29-28(33)17-26-24-10-5-4-9-23(24)13-14-31(26)36(34,35)27-16-20(2)11-12-25(27)30-21(3)32/h4-12,15-16,26H,13-14,17-18H2,1-3H3,(H,29,33)(H,30,32). The Morgan fingerprint density at radius 1 is 0.972 bits per heavy atom. The molecule has 1 aliphatic rings. The number of nitrogens with zero attached hydrogens (tertiary/aromatic N) is 1. The maximum atomic E-state index is 14.0. The van der Waals surface area contributed by atoms with Gasteiger partial charge in [0, 0.05) is 26.4 Å². The molecule has 0 saturated heterocycles. The van der Waals surface area contributed by atoms with E-state index in [1.54, 1.807) is 25.1 Å². The van der Waals surface area contributed by atoms with Crippen molar-refractivity contribution in [2.75, 3.05) is 11.9 Å². The summed E-state index contributed by atoms with van der Waals surface area (Å²) in [7, 11) is -4.03. The van der Waals surface area contributed by atoms with E-state index in [1.807, 2.05) is 55.5 Å². The van der Waals surface area contributed by atoms with Gasteiger partial charge in [0.25, 0.3) is 0 Å². The average molecular weight is 506 g/mol. The largest absolute Gasteiger partial charge is 0.352 e. The second-order valence-corrected chi connectivity index (χ2v) is 11.1. The molecule has 1 aliphatic heterocycles. The number of amides is 2. The van der Waals surface area contributed by atoms with Crippen molar-refractivity contribution in [3.8, 4) is 0 Å². The summed E-state index contributed by atoms with van der Waals surface area (Å²) in [5.41, 5.74) is 4.94. The molecule has 8 heteroatoms. The summed E-state index contributed by atoms with van der Waals surface area (Å²) >= 11 is 0. The highest BCUT2D eigenvalue weighted by Crippen LogP contribution is 2.38. The van der Waals surface area contributed by atoms with Crippen LogP contribution in [0.3, 0.4) is 0 Å². The molecule has 2 N–H and O–H groups in total. The summed E-state index contributed by atoms with van der Waals surface area (Å²) in [5, 5.41) is 5.58. The van der Waals surface area contributed by atoms with Crippen LogP contribution in [0.2, 0.25) is 0 Å². The first-order chi connectivity index (χ1) is 17.1. The first-order valence-electron chi connectivity index (χ1n) is 12.0. The molecular weight excluding hydrogens is 474 g/mol. The quantitative estimate of drug-likeness (QED) is 0.502. The Morgan fingerprint density at radius 3 is 2.47 bits per heavy atom. The molecule has 1 atom stereocenters. The van der Waals surface area contributed by atoms with Crippen LogP contribution in [-0.4, -0.2) is 31.1 Å². The van der Waals surface area contributed by atoms with Crippen molar-refractivity contribution in [2.24, 2.45) is 0 Å². The van der Waals surface area contributed by atoms with E-state index >= 15 is 0 Å². The molecule has 2 amide bonds. The Labute approximate surface area is 212 Å². The van der Waals surface area contributed by atoms with E-state index in [2.05, 4.69) is 10.6 Å². The minimum absolute atomic E-state index is 0.0106. The lowest BCUT2D eigenvalue weighted by Gasteiger charge is -2.36. The summed E-state index contributed by atoms with van der Waals surface area (Å²) in [6.45, 7) is 5.75. The van der Waals surface area contributed by atoms with Gasteiger partial charge in [-0.1, -0.05) is 60.2 Å². The van der Waals surface area contributed by atoms with Crippen LogP contribution >= 0.6 is 0 Å². The predicted molar refractivity (Wildman–Crippen MR) is 140 cm³/mol. The number of fused-ring (bicyclic) bond motifs is 1. The minimum atomic E-state index is -4.03. The number of aryl methyl sites for hydroxylation is 2. The number of hydrogen-bond donors (Lipinski definition) is 2. The number of benzene rings is 3. The molecule has 0 spiro atoms. The molecule has 4 rings (SSSR count). The summed E-state index contributed by atoms with van der Waals surface area (Å²) in [4.78, 5) is 24.9. The predicted octanol–water partition coefficient (Wildman–Crippen LogP) is 4.26. The second kappa shape index (κ2) is 10.6. The van der Waals surface area contributed by atoms with E-state index in [0.717, 1.165) is 27.8 Å². The molecule has 3 aromatic carbocycles. The van der Waals surface area contributed by atoms with Gasteiger partial charge in [0.15, 0.2) is 0 Å². The van der Waals surface area contributed by atoms with Crippen LogP contribution in [0.4, 0.5) is 5.69 Å².